The Bertz CT molecular complexity index is 751. The van der Waals surface area contributed by atoms with E-state index in [9.17, 15) is 0 Å². The molecule has 5 nitrogen and oxygen atoms in total. The first kappa shape index (κ1) is 22.3. The molecule has 2 fully saturated rings. The Balaban J connectivity index is 0.00000131. The van der Waals surface area contributed by atoms with Crippen LogP contribution in [-0.2, 0) is 0 Å². The molecule has 150 valence electrons. The molecule has 0 saturated carbocycles. The summed E-state index contributed by atoms with van der Waals surface area (Å²) in [6.07, 6.45) is 3.68. The number of rotatable bonds is 3. The molecule has 1 atom stereocenters. The van der Waals surface area contributed by atoms with Gasteiger partial charge in [-0.05, 0) is 43.5 Å². The van der Waals surface area contributed by atoms with Crippen molar-refractivity contribution in [1.82, 2.24) is 10.3 Å². The van der Waals surface area contributed by atoms with Crippen LogP contribution in [0.25, 0.3) is 10.9 Å². The van der Waals surface area contributed by atoms with Crippen LogP contribution in [0.4, 0.5) is 11.5 Å². The summed E-state index contributed by atoms with van der Waals surface area (Å²) in [5.41, 5.74) is 8.22. The van der Waals surface area contributed by atoms with Crippen molar-refractivity contribution in [3.05, 3.63) is 29.3 Å². The Morgan fingerprint density at radius 2 is 1.89 bits per heavy atom. The van der Waals surface area contributed by atoms with E-state index >= 15 is 0 Å². The maximum atomic E-state index is 6.57. The molecule has 0 amide bonds. The maximum absolute atomic E-state index is 6.57. The van der Waals surface area contributed by atoms with Crippen LogP contribution in [0, 0.1) is 0 Å². The molecule has 1 unspecified atom stereocenters. The third kappa shape index (κ3) is 4.72. The van der Waals surface area contributed by atoms with Crippen molar-refractivity contribution in [1.29, 1.82) is 0 Å². The van der Waals surface area contributed by atoms with Crippen molar-refractivity contribution in [3.63, 3.8) is 0 Å². The first-order valence-corrected chi connectivity index (χ1v) is 9.67. The first-order valence-electron chi connectivity index (χ1n) is 9.29. The molecule has 8 heteroatoms. The van der Waals surface area contributed by atoms with Gasteiger partial charge >= 0.3 is 0 Å². The maximum Gasteiger partial charge on any atom is 0.148 e. The summed E-state index contributed by atoms with van der Waals surface area (Å²) in [5, 5.41) is 5.20. The summed E-state index contributed by atoms with van der Waals surface area (Å²) < 4.78 is 0. The lowest BCUT2D eigenvalue weighted by atomic mass is 10.0. The molecule has 0 aliphatic carbocycles. The van der Waals surface area contributed by atoms with E-state index < -0.39 is 0 Å². The van der Waals surface area contributed by atoms with E-state index in [1.807, 2.05) is 0 Å². The number of anilines is 2. The Kier molecular flexibility index (Phi) is 8.25. The lowest BCUT2D eigenvalue weighted by Gasteiger charge is -2.37. The number of aromatic nitrogens is 1. The highest BCUT2D eigenvalue weighted by molar-refractivity contribution is 6.33. The van der Waals surface area contributed by atoms with Gasteiger partial charge in [0.15, 0.2) is 0 Å². The second kappa shape index (κ2) is 9.99. The van der Waals surface area contributed by atoms with Crippen LogP contribution in [-0.4, -0.2) is 50.3 Å². The van der Waals surface area contributed by atoms with Gasteiger partial charge in [0, 0.05) is 56.4 Å². The van der Waals surface area contributed by atoms with Gasteiger partial charge in [-0.1, -0.05) is 11.6 Å². The average Bonchev–Trinajstić information content (AvgIpc) is 2.67. The number of nitrogens with one attached hydrogen (secondary N) is 1. The molecule has 2 aliphatic rings. The van der Waals surface area contributed by atoms with Crippen LogP contribution < -0.4 is 20.9 Å². The molecule has 2 aliphatic heterocycles. The third-order valence-corrected chi connectivity index (χ3v) is 5.66. The molecule has 1 aromatic carbocycles. The van der Waals surface area contributed by atoms with Crippen molar-refractivity contribution in [2.75, 3.05) is 49.1 Å². The van der Waals surface area contributed by atoms with Gasteiger partial charge in [0.25, 0.3) is 0 Å². The number of pyridine rings is 1. The summed E-state index contributed by atoms with van der Waals surface area (Å²) in [4.78, 5) is 9.56. The van der Waals surface area contributed by atoms with Gasteiger partial charge in [-0.3, -0.25) is 0 Å². The third-order valence-electron chi connectivity index (χ3n) is 5.38. The summed E-state index contributed by atoms with van der Waals surface area (Å²) >= 11 is 6.57. The number of nitrogens with two attached hydrogens (primary N) is 1. The molecule has 0 spiro atoms. The van der Waals surface area contributed by atoms with Crippen LogP contribution in [0.3, 0.4) is 0 Å². The molecule has 1 aromatic heterocycles. The van der Waals surface area contributed by atoms with Crippen molar-refractivity contribution >= 4 is 58.8 Å². The minimum atomic E-state index is 0. The monoisotopic (exact) mass is 431 g/mol. The molecule has 4 rings (SSSR count). The van der Waals surface area contributed by atoms with E-state index in [0.29, 0.717) is 12.6 Å². The average molecular weight is 433 g/mol. The topological polar surface area (TPSA) is 57.4 Å². The van der Waals surface area contributed by atoms with E-state index in [2.05, 4.69) is 39.4 Å². The number of benzene rings is 1. The van der Waals surface area contributed by atoms with Crippen LogP contribution in [0.2, 0.25) is 5.02 Å². The number of piperidine rings is 1. The second-order valence-corrected chi connectivity index (χ2v) is 7.39. The van der Waals surface area contributed by atoms with Crippen molar-refractivity contribution in [2.24, 2.45) is 5.73 Å². The standard InChI is InChI=1S/C19H26ClN5.2ClH/c20-17-12-14-11-15(25-8-2-1-3-16(25)13-21)4-5-18(14)23-19(17)24-9-6-22-7-10-24;;/h4-5,11-12,16,22H,1-3,6-10,13,21H2;2*1H. The van der Waals surface area contributed by atoms with Gasteiger partial charge in [0.05, 0.1) is 10.5 Å². The fourth-order valence-corrected chi connectivity index (χ4v) is 4.27. The molecule has 0 radical (unpaired) electrons. The Morgan fingerprint density at radius 1 is 1.11 bits per heavy atom. The predicted octanol–water partition coefficient (Wildman–Crippen LogP) is 3.46. The van der Waals surface area contributed by atoms with Crippen LogP contribution >= 0.6 is 36.4 Å². The summed E-state index contributed by atoms with van der Waals surface area (Å²) in [7, 11) is 0. The van der Waals surface area contributed by atoms with E-state index in [-0.39, 0.29) is 24.8 Å². The number of piperazine rings is 1. The van der Waals surface area contributed by atoms with Crippen LogP contribution in [0.5, 0.6) is 0 Å². The zero-order valence-electron chi connectivity index (χ0n) is 15.4. The van der Waals surface area contributed by atoms with Gasteiger partial charge in [0.2, 0.25) is 0 Å². The molecular weight excluding hydrogens is 405 g/mol. The molecule has 0 bridgehead atoms. The zero-order chi connectivity index (χ0) is 17.2. The highest BCUT2D eigenvalue weighted by atomic mass is 35.5. The number of hydrogen-bond acceptors (Lipinski definition) is 5. The van der Waals surface area contributed by atoms with Crippen LogP contribution in [0.1, 0.15) is 19.3 Å². The Hall–Kier alpha value is -0.980. The number of hydrogen-bond donors (Lipinski definition) is 2. The molecule has 2 saturated heterocycles. The fraction of sp³-hybridized carbons (Fsp3) is 0.526. The van der Waals surface area contributed by atoms with E-state index in [4.69, 9.17) is 22.3 Å². The van der Waals surface area contributed by atoms with E-state index in [1.165, 1.54) is 24.9 Å². The molecule has 3 N–H and O–H groups in total. The lowest BCUT2D eigenvalue weighted by Crippen LogP contribution is -2.44. The Labute approximate surface area is 178 Å². The van der Waals surface area contributed by atoms with E-state index in [0.717, 1.165) is 54.5 Å². The highest BCUT2D eigenvalue weighted by Crippen LogP contribution is 2.32. The van der Waals surface area contributed by atoms with Gasteiger partial charge < -0.3 is 20.9 Å². The fourth-order valence-electron chi connectivity index (χ4n) is 3.99. The van der Waals surface area contributed by atoms with Gasteiger partial charge in [-0.15, -0.1) is 24.8 Å². The van der Waals surface area contributed by atoms with Crippen molar-refractivity contribution < 1.29 is 0 Å². The largest absolute Gasteiger partial charge is 0.367 e. The summed E-state index contributed by atoms with van der Waals surface area (Å²) in [6.45, 7) is 5.63. The van der Waals surface area contributed by atoms with Crippen molar-refractivity contribution in [3.8, 4) is 0 Å². The van der Waals surface area contributed by atoms with Crippen molar-refractivity contribution in [2.45, 2.75) is 25.3 Å². The minimum absolute atomic E-state index is 0. The van der Waals surface area contributed by atoms with Gasteiger partial charge in [-0.2, -0.15) is 0 Å². The first-order chi connectivity index (χ1) is 12.3. The SMILES string of the molecule is Cl.Cl.NCC1CCCCN1c1ccc2nc(N3CCNCC3)c(Cl)cc2c1. The van der Waals surface area contributed by atoms with Crippen LogP contribution in [0.15, 0.2) is 24.3 Å². The van der Waals surface area contributed by atoms with E-state index in [1.54, 1.807) is 0 Å². The number of nitrogens with zero attached hydrogens (tertiary/aromatic N) is 3. The molecule has 3 heterocycles. The van der Waals surface area contributed by atoms with Gasteiger partial charge in [0.1, 0.15) is 5.82 Å². The number of fused-ring (bicyclic) bond motifs is 1. The summed E-state index contributed by atoms with van der Waals surface area (Å²) in [5.74, 6) is 0.904. The van der Waals surface area contributed by atoms with Gasteiger partial charge in [-0.25, -0.2) is 4.98 Å². The smallest absolute Gasteiger partial charge is 0.148 e. The highest BCUT2D eigenvalue weighted by Gasteiger charge is 2.22. The quantitative estimate of drug-likeness (QED) is 0.778. The summed E-state index contributed by atoms with van der Waals surface area (Å²) in [6, 6.07) is 9.01. The molecule has 2 aromatic rings. The number of halogens is 3. The Morgan fingerprint density at radius 3 is 2.63 bits per heavy atom. The minimum Gasteiger partial charge on any atom is -0.367 e. The second-order valence-electron chi connectivity index (χ2n) is 6.99. The lowest BCUT2D eigenvalue weighted by molar-refractivity contribution is 0.465. The molecule has 27 heavy (non-hydrogen) atoms. The predicted molar refractivity (Wildman–Crippen MR) is 120 cm³/mol. The zero-order valence-corrected chi connectivity index (χ0v) is 17.8. The molecular formula is C19H28Cl3N5. The normalized spacial score (nSPS) is 20.1.